The number of hydrogen-bond donors (Lipinski definition) is 0. The standard InChI is InChI=1S/C37H37ClN2O14S/c1-8-48-30(21-9-11-22(12-10-21)35-40-39-17(2)55-35)29(44)25-14-13-24(52-25)23-15-26(46-6)28(38)27(16-23)53-37-34(51-20(5)43)32(50-19(4)42)31(49-18(3)41)33(54-37)36(45)47-7/h9-16,30-34,37H,8H2,1-7H3. The molecule has 16 nitrogen and oxygen atoms in total. The third-order valence-corrected chi connectivity index (χ3v) is 9.26. The number of hydrogen-bond acceptors (Lipinski definition) is 17. The van der Waals surface area contributed by atoms with E-state index in [0.29, 0.717) is 11.1 Å². The maximum Gasteiger partial charge on any atom is 0.339 e. The second kappa shape index (κ2) is 17.9. The topological polar surface area (TPSA) is 198 Å². The van der Waals surface area contributed by atoms with Crippen LogP contribution >= 0.6 is 22.9 Å². The number of esters is 4. The number of nitrogens with zero attached hydrogens (tertiary/aromatic N) is 2. The minimum Gasteiger partial charge on any atom is -0.495 e. The molecular weight excluding hydrogens is 764 g/mol. The molecule has 1 saturated heterocycles. The molecule has 1 aliphatic heterocycles. The van der Waals surface area contributed by atoms with Crippen LogP contribution in [0, 0.1) is 6.92 Å². The van der Waals surface area contributed by atoms with E-state index >= 15 is 0 Å². The highest BCUT2D eigenvalue weighted by atomic mass is 35.5. The highest BCUT2D eigenvalue weighted by molar-refractivity contribution is 7.14. The van der Waals surface area contributed by atoms with Crippen LogP contribution in [0.4, 0.5) is 0 Å². The van der Waals surface area contributed by atoms with Gasteiger partial charge in [-0.15, -0.1) is 10.2 Å². The van der Waals surface area contributed by atoms with Crippen LogP contribution in [-0.2, 0) is 47.6 Å². The molecule has 6 atom stereocenters. The van der Waals surface area contributed by atoms with Crippen molar-refractivity contribution in [3.8, 4) is 33.4 Å². The van der Waals surface area contributed by atoms with Crippen molar-refractivity contribution >= 4 is 52.6 Å². The monoisotopic (exact) mass is 800 g/mol. The van der Waals surface area contributed by atoms with E-state index < -0.39 is 66.5 Å². The second-order valence-corrected chi connectivity index (χ2v) is 13.5. The van der Waals surface area contributed by atoms with Gasteiger partial charge < -0.3 is 42.3 Å². The molecule has 0 spiro atoms. The molecule has 55 heavy (non-hydrogen) atoms. The molecule has 4 aromatic rings. The zero-order valence-corrected chi connectivity index (χ0v) is 32.3. The van der Waals surface area contributed by atoms with E-state index in [1.165, 1.54) is 36.6 Å². The molecular formula is C37H37ClN2O14S. The number of rotatable bonds is 14. The smallest absolute Gasteiger partial charge is 0.339 e. The van der Waals surface area contributed by atoms with Gasteiger partial charge in [-0.1, -0.05) is 47.2 Å². The summed E-state index contributed by atoms with van der Waals surface area (Å²) < 4.78 is 50.4. The molecule has 0 bridgehead atoms. The maximum absolute atomic E-state index is 13.8. The van der Waals surface area contributed by atoms with Crippen molar-refractivity contribution in [2.45, 2.75) is 71.4 Å². The molecule has 1 aliphatic rings. The van der Waals surface area contributed by atoms with Gasteiger partial charge >= 0.3 is 23.9 Å². The van der Waals surface area contributed by atoms with Gasteiger partial charge in [-0.3, -0.25) is 19.2 Å². The molecule has 3 heterocycles. The predicted molar refractivity (Wildman–Crippen MR) is 192 cm³/mol. The van der Waals surface area contributed by atoms with Gasteiger partial charge in [0.15, 0.2) is 24.1 Å². The Balaban J connectivity index is 1.48. The number of methoxy groups -OCH3 is 2. The SMILES string of the molecule is CCOC(C(=O)c1ccc(-c2cc(OC)c(Cl)c(OC3OC(C(=O)OC)C(OC(C)=O)C(OC(C)=O)C3OC(C)=O)c2)o1)c1ccc(-c2nnc(C)s2)cc1. The van der Waals surface area contributed by atoms with Gasteiger partial charge in [-0.05, 0) is 43.7 Å². The van der Waals surface area contributed by atoms with E-state index in [0.717, 1.165) is 43.5 Å². The fourth-order valence-corrected chi connectivity index (χ4v) is 6.63. The van der Waals surface area contributed by atoms with Gasteiger partial charge in [-0.25, -0.2) is 4.79 Å². The van der Waals surface area contributed by atoms with Gasteiger partial charge in [0.25, 0.3) is 0 Å². The minimum absolute atomic E-state index is 0.0131. The Morgan fingerprint density at radius 3 is 2.05 bits per heavy atom. The average molecular weight is 801 g/mol. The number of ketones is 1. The Hall–Kier alpha value is -5.36. The van der Waals surface area contributed by atoms with Crippen LogP contribution in [0.15, 0.2) is 52.9 Å². The maximum atomic E-state index is 13.8. The first kappa shape index (κ1) is 40.8. The third-order valence-electron chi connectivity index (χ3n) is 7.99. The molecule has 5 rings (SSSR count). The van der Waals surface area contributed by atoms with E-state index in [-0.39, 0.29) is 34.6 Å². The lowest BCUT2D eigenvalue weighted by molar-refractivity contribution is -0.282. The van der Waals surface area contributed by atoms with E-state index in [1.807, 2.05) is 19.1 Å². The number of benzene rings is 2. The molecule has 18 heteroatoms. The molecule has 0 aliphatic carbocycles. The number of aromatic nitrogens is 2. The summed E-state index contributed by atoms with van der Waals surface area (Å²) in [6.45, 7) is 7.08. The van der Waals surface area contributed by atoms with E-state index in [9.17, 15) is 24.0 Å². The van der Waals surface area contributed by atoms with E-state index in [4.69, 9.17) is 53.9 Å². The summed E-state index contributed by atoms with van der Waals surface area (Å²) in [7, 11) is 2.41. The number of carbonyl (C=O) groups is 5. The summed E-state index contributed by atoms with van der Waals surface area (Å²) in [5, 5.41) is 9.72. The summed E-state index contributed by atoms with van der Waals surface area (Å²) in [6, 6.07) is 13.2. The Kier molecular flexibility index (Phi) is 13.2. The summed E-state index contributed by atoms with van der Waals surface area (Å²) in [5.41, 5.74) is 1.76. The fraction of sp³-hybridized carbons (Fsp3) is 0.378. The molecule has 0 amide bonds. The lowest BCUT2D eigenvalue weighted by Crippen LogP contribution is -2.64. The summed E-state index contributed by atoms with van der Waals surface area (Å²) in [4.78, 5) is 63.3. The lowest BCUT2D eigenvalue weighted by atomic mass is 9.97. The fourth-order valence-electron chi connectivity index (χ4n) is 5.71. The minimum atomic E-state index is -1.71. The van der Waals surface area contributed by atoms with Gasteiger partial charge in [0.1, 0.15) is 38.4 Å². The zero-order chi connectivity index (χ0) is 40.0. The normalized spacial score (nSPS) is 19.8. The largest absolute Gasteiger partial charge is 0.495 e. The van der Waals surface area contributed by atoms with Crippen LogP contribution < -0.4 is 9.47 Å². The predicted octanol–water partition coefficient (Wildman–Crippen LogP) is 5.47. The van der Waals surface area contributed by atoms with Crippen LogP contribution in [-0.4, -0.2) is 91.4 Å². The van der Waals surface area contributed by atoms with Crippen LogP contribution in [0.2, 0.25) is 5.02 Å². The first-order chi connectivity index (χ1) is 26.2. The summed E-state index contributed by atoms with van der Waals surface area (Å²) >= 11 is 8.12. The number of ether oxygens (including phenoxy) is 8. The third kappa shape index (κ3) is 9.48. The summed E-state index contributed by atoms with van der Waals surface area (Å²) in [6.07, 6.45) is -9.20. The first-order valence-electron chi connectivity index (χ1n) is 16.7. The van der Waals surface area contributed by atoms with Gasteiger partial charge in [-0.2, -0.15) is 0 Å². The van der Waals surface area contributed by atoms with Gasteiger partial charge in [0, 0.05) is 38.5 Å². The second-order valence-electron chi connectivity index (χ2n) is 11.9. The van der Waals surface area contributed by atoms with Crippen molar-refractivity contribution in [1.82, 2.24) is 10.2 Å². The van der Waals surface area contributed by atoms with E-state index in [1.54, 1.807) is 25.1 Å². The summed E-state index contributed by atoms with van der Waals surface area (Å²) in [5.74, 6) is -3.89. The zero-order valence-electron chi connectivity index (χ0n) is 30.7. The van der Waals surface area contributed by atoms with Crippen molar-refractivity contribution in [2.75, 3.05) is 20.8 Å². The van der Waals surface area contributed by atoms with Gasteiger partial charge in [0.05, 0.1) is 14.2 Å². The van der Waals surface area contributed by atoms with E-state index in [2.05, 4.69) is 10.2 Å². The number of carbonyl (C=O) groups excluding carboxylic acids is 5. The Morgan fingerprint density at radius 2 is 1.47 bits per heavy atom. The molecule has 6 unspecified atom stereocenters. The van der Waals surface area contributed by atoms with Crippen molar-refractivity contribution in [3.05, 3.63) is 69.9 Å². The highest BCUT2D eigenvalue weighted by Gasteiger charge is 2.56. The number of halogens is 1. The average Bonchev–Trinajstić information content (AvgIpc) is 3.82. The van der Waals surface area contributed by atoms with Crippen LogP contribution in [0.1, 0.15) is 54.9 Å². The molecule has 0 radical (unpaired) electrons. The van der Waals surface area contributed by atoms with Gasteiger partial charge in [0.2, 0.25) is 18.2 Å². The molecule has 292 valence electrons. The van der Waals surface area contributed by atoms with Crippen LogP contribution in [0.5, 0.6) is 11.5 Å². The molecule has 2 aromatic heterocycles. The number of Topliss-reactive ketones (excluding diaryl/α,β-unsaturated/α-hetero) is 1. The molecule has 0 N–H and O–H groups in total. The van der Waals surface area contributed by atoms with Crippen LogP contribution in [0.3, 0.4) is 0 Å². The van der Waals surface area contributed by atoms with Crippen molar-refractivity contribution in [1.29, 1.82) is 0 Å². The molecule has 0 saturated carbocycles. The van der Waals surface area contributed by atoms with Crippen molar-refractivity contribution < 1.29 is 66.3 Å². The molecule has 2 aromatic carbocycles. The van der Waals surface area contributed by atoms with Crippen molar-refractivity contribution in [2.24, 2.45) is 0 Å². The Morgan fingerprint density at radius 1 is 0.836 bits per heavy atom. The Labute approximate surface area is 323 Å². The van der Waals surface area contributed by atoms with Crippen LogP contribution in [0.25, 0.3) is 21.9 Å². The Bertz CT molecular complexity index is 2050. The first-order valence-corrected chi connectivity index (χ1v) is 17.9. The number of aryl methyl sites for hydroxylation is 1. The lowest BCUT2D eigenvalue weighted by Gasteiger charge is -2.43. The van der Waals surface area contributed by atoms with Crippen molar-refractivity contribution in [3.63, 3.8) is 0 Å². The quantitative estimate of drug-likeness (QED) is 0.0883. The highest BCUT2D eigenvalue weighted by Crippen LogP contribution is 2.42. The number of furan rings is 1. The molecule has 1 fully saturated rings.